The van der Waals surface area contributed by atoms with E-state index in [4.69, 9.17) is 4.74 Å². The van der Waals surface area contributed by atoms with E-state index in [9.17, 15) is 4.39 Å². The van der Waals surface area contributed by atoms with E-state index in [-0.39, 0.29) is 11.9 Å². The second-order valence-electron chi connectivity index (χ2n) is 5.48. The molecule has 0 radical (unpaired) electrons. The van der Waals surface area contributed by atoms with Gasteiger partial charge >= 0.3 is 0 Å². The second-order valence-corrected chi connectivity index (χ2v) is 5.48. The van der Waals surface area contributed by atoms with Gasteiger partial charge < -0.3 is 10.1 Å². The van der Waals surface area contributed by atoms with Crippen molar-refractivity contribution in [2.75, 3.05) is 7.11 Å². The molecular formula is C16H21FN4O. The van der Waals surface area contributed by atoms with Crippen LogP contribution < -0.4 is 10.1 Å². The van der Waals surface area contributed by atoms with Crippen LogP contribution in [0.4, 0.5) is 4.39 Å². The lowest BCUT2D eigenvalue weighted by Gasteiger charge is -2.24. The monoisotopic (exact) mass is 304 g/mol. The van der Waals surface area contributed by atoms with Crippen molar-refractivity contribution in [3.8, 4) is 5.88 Å². The molecule has 0 spiro atoms. The summed E-state index contributed by atoms with van der Waals surface area (Å²) in [7, 11) is 1.43. The average Bonchev–Trinajstić information content (AvgIpc) is 2.97. The molecule has 2 heterocycles. The van der Waals surface area contributed by atoms with Gasteiger partial charge in [0.15, 0.2) is 5.82 Å². The van der Waals surface area contributed by atoms with Gasteiger partial charge in [-0.25, -0.2) is 9.37 Å². The lowest BCUT2D eigenvalue weighted by molar-refractivity contribution is 0.364. The predicted octanol–water partition coefficient (Wildman–Crippen LogP) is 2.61. The van der Waals surface area contributed by atoms with Crippen molar-refractivity contribution < 1.29 is 9.13 Å². The highest BCUT2D eigenvalue weighted by atomic mass is 19.1. The summed E-state index contributed by atoms with van der Waals surface area (Å²) in [5, 5.41) is 7.89. The summed E-state index contributed by atoms with van der Waals surface area (Å²) in [5.41, 5.74) is 3.12. The Morgan fingerprint density at radius 3 is 3.14 bits per heavy atom. The van der Waals surface area contributed by atoms with Crippen molar-refractivity contribution in [2.45, 2.75) is 45.3 Å². The van der Waals surface area contributed by atoms with Crippen molar-refractivity contribution in [2.24, 2.45) is 0 Å². The SMILES string of the molecule is CCn1ncc2c1CCCC2NCc1ccnc(OC)c1F. The van der Waals surface area contributed by atoms with Crippen molar-refractivity contribution in [3.05, 3.63) is 41.1 Å². The molecule has 3 rings (SSSR count). The topological polar surface area (TPSA) is 52.0 Å². The first-order valence-corrected chi connectivity index (χ1v) is 7.70. The van der Waals surface area contributed by atoms with Gasteiger partial charge in [-0.1, -0.05) is 0 Å². The van der Waals surface area contributed by atoms with Gasteiger partial charge in [-0.15, -0.1) is 0 Å². The fourth-order valence-electron chi connectivity index (χ4n) is 3.08. The zero-order valence-electron chi connectivity index (χ0n) is 13.0. The molecule has 22 heavy (non-hydrogen) atoms. The number of hydrogen-bond acceptors (Lipinski definition) is 4. The summed E-state index contributed by atoms with van der Waals surface area (Å²) in [5.74, 6) is -0.347. The fraction of sp³-hybridized carbons (Fsp3) is 0.500. The van der Waals surface area contributed by atoms with Gasteiger partial charge in [0, 0.05) is 42.1 Å². The molecule has 0 saturated heterocycles. The molecule has 2 aromatic heterocycles. The Balaban J connectivity index is 1.74. The number of aryl methyl sites for hydroxylation is 1. The molecule has 0 amide bonds. The zero-order valence-corrected chi connectivity index (χ0v) is 13.0. The van der Waals surface area contributed by atoms with Gasteiger partial charge in [-0.2, -0.15) is 5.10 Å². The Morgan fingerprint density at radius 2 is 2.36 bits per heavy atom. The maximum absolute atomic E-state index is 14.1. The number of ether oxygens (including phenoxy) is 1. The van der Waals surface area contributed by atoms with Crippen molar-refractivity contribution in [1.29, 1.82) is 0 Å². The number of rotatable bonds is 5. The van der Waals surface area contributed by atoms with Crippen LogP contribution in [-0.4, -0.2) is 21.9 Å². The molecule has 2 aromatic rings. The number of nitrogens with one attached hydrogen (secondary N) is 1. The highest BCUT2D eigenvalue weighted by Crippen LogP contribution is 2.30. The third-order valence-electron chi connectivity index (χ3n) is 4.23. The number of methoxy groups -OCH3 is 1. The standard InChI is InChI=1S/C16H21FN4O/c1-3-21-14-6-4-5-13(12(14)10-20-21)19-9-11-7-8-18-16(22-2)15(11)17/h7-8,10,13,19H,3-6,9H2,1-2H3. The Kier molecular flexibility index (Phi) is 4.38. The van der Waals surface area contributed by atoms with E-state index >= 15 is 0 Å². The normalized spacial score (nSPS) is 17.3. The van der Waals surface area contributed by atoms with E-state index in [1.165, 1.54) is 18.4 Å². The molecule has 0 saturated carbocycles. The van der Waals surface area contributed by atoms with Crippen LogP contribution >= 0.6 is 0 Å². The van der Waals surface area contributed by atoms with Crippen LogP contribution in [0, 0.1) is 5.82 Å². The van der Waals surface area contributed by atoms with Gasteiger partial charge in [0.05, 0.1) is 13.3 Å². The molecule has 0 fully saturated rings. The van der Waals surface area contributed by atoms with E-state index in [1.54, 1.807) is 12.3 Å². The minimum Gasteiger partial charge on any atom is -0.479 e. The Labute approximate surface area is 129 Å². The highest BCUT2D eigenvalue weighted by molar-refractivity contribution is 5.27. The largest absolute Gasteiger partial charge is 0.479 e. The zero-order chi connectivity index (χ0) is 15.5. The first-order chi connectivity index (χ1) is 10.7. The lowest BCUT2D eigenvalue weighted by Crippen LogP contribution is -2.25. The fourth-order valence-corrected chi connectivity index (χ4v) is 3.08. The van der Waals surface area contributed by atoms with Crippen LogP contribution in [0.15, 0.2) is 18.5 Å². The van der Waals surface area contributed by atoms with Crippen LogP contribution in [0.1, 0.15) is 42.6 Å². The quantitative estimate of drug-likeness (QED) is 0.922. The number of halogens is 1. The molecule has 0 aliphatic heterocycles. The van der Waals surface area contributed by atoms with E-state index in [0.29, 0.717) is 12.1 Å². The summed E-state index contributed by atoms with van der Waals surface area (Å²) in [6, 6.07) is 1.91. The van der Waals surface area contributed by atoms with Crippen LogP contribution in [0.5, 0.6) is 5.88 Å². The van der Waals surface area contributed by atoms with Crippen LogP contribution in [0.25, 0.3) is 0 Å². The highest BCUT2D eigenvalue weighted by Gasteiger charge is 2.24. The van der Waals surface area contributed by atoms with E-state index in [0.717, 1.165) is 25.8 Å². The smallest absolute Gasteiger partial charge is 0.250 e. The molecular weight excluding hydrogens is 283 g/mol. The predicted molar refractivity (Wildman–Crippen MR) is 81.2 cm³/mol. The third kappa shape index (κ3) is 2.70. The number of pyridine rings is 1. The summed E-state index contributed by atoms with van der Waals surface area (Å²) in [4.78, 5) is 3.86. The molecule has 118 valence electrons. The molecule has 0 aromatic carbocycles. The van der Waals surface area contributed by atoms with Crippen LogP contribution in [-0.2, 0) is 19.5 Å². The summed E-state index contributed by atoms with van der Waals surface area (Å²) < 4.78 is 21.1. The van der Waals surface area contributed by atoms with Gasteiger partial charge in [0.25, 0.3) is 0 Å². The number of hydrogen-bond donors (Lipinski definition) is 1. The number of fused-ring (bicyclic) bond motifs is 1. The molecule has 1 aliphatic rings. The molecule has 5 nitrogen and oxygen atoms in total. The van der Waals surface area contributed by atoms with Crippen molar-refractivity contribution in [3.63, 3.8) is 0 Å². The van der Waals surface area contributed by atoms with Crippen molar-refractivity contribution in [1.82, 2.24) is 20.1 Å². The van der Waals surface area contributed by atoms with Crippen LogP contribution in [0.2, 0.25) is 0 Å². The maximum atomic E-state index is 14.1. The molecule has 1 unspecified atom stereocenters. The first kappa shape index (κ1) is 15.0. The molecule has 1 aliphatic carbocycles. The number of aromatic nitrogens is 3. The van der Waals surface area contributed by atoms with Crippen molar-refractivity contribution >= 4 is 0 Å². The maximum Gasteiger partial charge on any atom is 0.250 e. The van der Waals surface area contributed by atoms with E-state index in [1.807, 2.05) is 6.20 Å². The van der Waals surface area contributed by atoms with Gasteiger partial charge in [0.2, 0.25) is 5.88 Å². The van der Waals surface area contributed by atoms with Gasteiger partial charge in [-0.3, -0.25) is 4.68 Å². The summed E-state index contributed by atoms with van der Waals surface area (Å²) >= 11 is 0. The molecule has 1 atom stereocenters. The average molecular weight is 304 g/mol. The third-order valence-corrected chi connectivity index (χ3v) is 4.23. The first-order valence-electron chi connectivity index (χ1n) is 7.70. The van der Waals surface area contributed by atoms with E-state index in [2.05, 4.69) is 27.0 Å². The summed E-state index contributed by atoms with van der Waals surface area (Å²) in [6.45, 7) is 3.44. The van der Waals surface area contributed by atoms with Gasteiger partial charge in [0.1, 0.15) is 0 Å². The number of nitrogens with zero attached hydrogens (tertiary/aromatic N) is 3. The minimum absolute atomic E-state index is 0.0439. The summed E-state index contributed by atoms with van der Waals surface area (Å²) in [6.07, 6.45) is 6.75. The Bertz CT molecular complexity index is 656. The van der Waals surface area contributed by atoms with Gasteiger partial charge in [-0.05, 0) is 32.3 Å². The molecule has 6 heteroatoms. The Hall–Kier alpha value is -1.95. The Morgan fingerprint density at radius 1 is 1.50 bits per heavy atom. The molecule has 1 N–H and O–H groups in total. The minimum atomic E-state index is -0.391. The molecule has 0 bridgehead atoms. The van der Waals surface area contributed by atoms with E-state index < -0.39 is 5.82 Å². The lowest BCUT2D eigenvalue weighted by atomic mass is 9.93. The second kappa shape index (κ2) is 6.44. The van der Waals surface area contributed by atoms with Crippen LogP contribution in [0.3, 0.4) is 0 Å².